The minimum absolute atomic E-state index is 0.0857. The lowest BCUT2D eigenvalue weighted by Crippen LogP contribution is -2.42. The van der Waals surface area contributed by atoms with Gasteiger partial charge in [0.25, 0.3) is 5.91 Å². The molecular formula is C16H20N4O3. The number of furan rings is 1. The van der Waals surface area contributed by atoms with Gasteiger partial charge in [-0.2, -0.15) is 5.10 Å². The Morgan fingerprint density at radius 3 is 2.57 bits per heavy atom. The van der Waals surface area contributed by atoms with Crippen molar-refractivity contribution in [2.45, 2.75) is 19.8 Å². The highest BCUT2D eigenvalue weighted by Crippen LogP contribution is 2.23. The van der Waals surface area contributed by atoms with E-state index in [1.807, 2.05) is 19.1 Å². The maximum atomic E-state index is 12.7. The Balaban J connectivity index is 1.76. The monoisotopic (exact) mass is 316 g/mol. The number of hydrogen-bond acceptors (Lipinski definition) is 4. The van der Waals surface area contributed by atoms with Crippen molar-refractivity contribution >= 4 is 11.8 Å². The molecule has 122 valence electrons. The van der Waals surface area contributed by atoms with E-state index in [1.54, 1.807) is 22.7 Å². The van der Waals surface area contributed by atoms with Crippen LogP contribution in [-0.2, 0) is 11.8 Å². The Morgan fingerprint density at radius 1 is 1.30 bits per heavy atom. The van der Waals surface area contributed by atoms with E-state index in [4.69, 9.17) is 10.2 Å². The van der Waals surface area contributed by atoms with Crippen molar-refractivity contribution in [3.05, 3.63) is 29.7 Å². The van der Waals surface area contributed by atoms with Gasteiger partial charge in [-0.3, -0.25) is 14.3 Å². The Bertz CT molecular complexity index is 738. The summed E-state index contributed by atoms with van der Waals surface area (Å²) in [7, 11) is 1.74. The highest BCUT2D eigenvalue weighted by molar-refractivity contribution is 5.93. The molecule has 1 aliphatic heterocycles. The number of rotatable bonds is 3. The first-order valence-electron chi connectivity index (χ1n) is 7.65. The molecule has 1 saturated heterocycles. The molecule has 0 aliphatic carbocycles. The number of nitrogens with zero attached hydrogens (tertiary/aromatic N) is 3. The number of nitrogens with two attached hydrogens (primary N) is 1. The molecule has 7 nitrogen and oxygen atoms in total. The van der Waals surface area contributed by atoms with Gasteiger partial charge in [0.2, 0.25) is 5.91 Å². The molecule has 0 spiro atoms. The van der Waals surface area contributed by atoms with Crippen molar-refractivity contribution in [1.29, 1.82) is 0 Å². The molecule has 0 bridgehead atoms. The van der Waals surface area contributed by atoms with Crippen molar-refractivity contribution in [1.82, 2.24) is 14.7 Å². The van der Waals surface area contributed by atoms with Crippen LogP contribution in [0.1, 0.15) is 29.1 Å². The fraction of sp³-hybridized carbons (Fsp3) is 0.438. The first-order chi connectivity index (χ1) is 11.0. The first kappa shape index (κ1) is 15.3. The summed E-state index contributed by atoms with van der Waals surface area (Å²) in [5.74, 6) is 0.939. The maximum Gasteiger partial charge on any atom is 0.272 e. The van der Waals surface area contributed by atoms with Crippen molar-refractivity contribution < 1.29 is 14.0 Å². The number of aryl methyl sites for hydroxylation is 2. The van der Waals surface area contributed by atoms with E-state index >= 15 is 0 Å². The maximum absolute atomic E-state index is 12.7. The Hall–Kier alpha value is -2.57. The number of piperidine rings is 1. The molecule has 3 heterocycles. The van der Waals surface area contributed by atoms with E-state index in [9.17, 15) is 9.59 Å². The van der Waals surface area contributed by atoms with Gasteiger partial charge in [0.15, 0.2) is 5.76 Å². The molecule has 1 aliphatic rings. The summed E-state index contributed by atoms with van der Waals surface area (Å²) in [6.45, 7) is 2.93. The van der Waals surface area contributed by atoms with Crippen molar-refractivity contribution in [3.63, 3.8) is 0 Å². The molecule has 2 aromatic heterocycles. The standard InChI is InChI=1S/C16H20N4O3/c1-10-3-4-14(23-10)12-9-13(19(2)18-12)16(22)20-7-5-11(6-8-20)15(17)21/h3-4,9,11H,5-8H2,1-2H3,(H2,17,21). The molecule has 0 unspecified atom stereocenters. The molecule has 2 N–H and O–H groups in total. The average molecular weight is 316 g/mol. The van der Waals surface area contributed by atoms with E-state index in [1.165, 1.54) is 0 Å². The lowest BCUT2D eigenvalue weighted by Gasteiger charge is -2.30. The molecule has 1 fully saturated rings. The van der Waals surface area contributed by atoms with Gasteiger partial charge >= 0.3 is 0 Å². The van der Waals surface area contributed by atoms with E-state index in [0.717, 1.165) is 5.76 Å². The van der Waals surface area contributed by atoms with Gasteiger partial charge in [-0.15, -0.1) is 0 Å². The third-order valence-electron chi connectivity index (χ3n) is 4.28. The van der Waals surface area contributed by atoms with Gasteiger partial charge in [-0.25, -0.2) is 0 Å². The van der Waals surface area contributed by atoms with Gasteiger partial charge in [0.1, 0.15) is 17.1 Å². The van der Waals surface area contributed by atoms with Crippen LogP contribution < -0.4 is 5.73 Å². The Kier molecular flexibility index (Phi) is 3.94. The molecule has 0 aromatic carbocycles. The predicted octanol–water partition coefficient (Wildman–Crippen LogP) is 1.33. The van der Waals surface area contributed by atoms with Crippen LogP contribution >= 0.6 is 0 Å². The van der Waals surface area contributed by atoms with Crippen LogP contribution in [0.4, 0.5) is 0 Å². The molecular weight excluding hydrogens is 296 g/mol. The molecule has 3 rings (SSSR count). The Morgan fingerprint density at radius 2 is 2.00 bits per heavy atom. The zero-order chi connectivity index (χ0) is 16.6. The second-order valence-corrected chi connectivity index (χ2v) is 5.92. The van der Waals surface area contributed by atoms with Gasteiger partial charge < -0.3 is 15.1 Å². The van der Waals surface area contributed by atoms with Gasteiger partial charge in [-0.05, 0) is 31.9 Å². The van der Waals surface area contributed by atoms with Crippen LogP contribution in [0, 0.1) is 12.8 Å². The zero-order valence-corrected chi connectivity index (χ0v) is 13.3. The van der Waals surface area contributed by atoms with E-state index in [0.29, 0.717) is 43.1 Å². The van der Waals surface area contributed by atoms with Gasteiger partial charge in [0.05, 0.1) is 0 Å². The predicted molar refractivity (Wildman–Crippen MR) is 83.5 cm³/mol. The molecule has 23 heavy (non-hydrogen) atoms. The highest BCUT2D eigenvalue weighted by Gasteiger charge is 2.28. The third kappa shape index (κ3) is 2.99. The highest BCUT2D eigenvalue weighted by atomic mass is 16.3. The van der Waals surface area contributed by atoms with Crippen LogP contribution in [0.2, 0.25) is 0 Å². The summed E-state index contributed by atoms with van der Waals surface area (Å²) in [5, 5.41) is 4.35. The number of likely N-dealkylation sites (tertiary alicyclic amines) is 1. The second kappa shape index (κ2) is 5.91. The number of hydrogen-bond donors (Lipinski definition) is 1. The number of carbonyl (C=O) groups excluding carboxylic acids is 2. The van der Waals surface area contributed by atoms with Crippen LogP contribution in [0.3, 0.4) is 0 Å². The molecule has 0 atom stereocenters. The third-order valence-corrected chi connectivity index (χ3v) is 4.28. The summed E-state index contributed by atoms with van der Waals surface area (Å²) in [4.78, 5) is 25.6. The normalized spacial score (nSPS) is 15.8. The number of amides is 2. The summed E-state index contributed by atoms with van der Waals surface area (Å²) in [6.07, 6.45) is 1.23. The van der Waals surface area contributed by atoms with E-state index in [-0.39, 0.29) is 17.7 Å². The van der Waals surface area contributed by atoms with Gasteiger partial charge in [0, 0.05) is 32.1 Å². The summed E-state index contributed by atoms with van der Waals surface area (Å²) >= 11 is 0. The summed E-state index contributed by atoms with van der Waals surface area (Å²) < 4.78 is 7.12. The first-order valence-corrected chi connectivity index (χ1v) is 7.65. The van der Waals surface area contributed by atoms with E-state index in [2.05, 4.69) is 5.10 Å². The largest absolute Gasteiger partial charge is 0.460 e. The molecule has 0 radical (unpaired) electrons. The molecule has 2 amide bonds. The van der Waals surface area contributed by atoms with Crippen molar-refractivity contribution in [3.8, 4) is 11.5 Å². The fourth-order valence-corrected chi connectivity index (χ4v) is 2.89. The zero-order valence-electron chi connectivity index (χ0n) is 13.3. The van der Waals surface area contributed by atoms with Crippen LogP contribution in [-0.4, -0.2) is 39.6 Å². The molecule has 2 aromatic rings. The number of primary amides is 1. The van der Waals surface area contributed by atoms with Crippen LogP contribution in [0.15, 0.2) is 22.6 Å². The van der Waals surface area contributed by atoms with Crippen LogP contribution in [0.25, 0.3) is 11.5 Å². The lowest BCUT2D eigenvalue weighted by molar-refractivity contribution is -0.123. The summed E-state index contributed by atoms with van der Waals surface area (Å²) in [5.41, 5.74) is 6.47. The van der Waals surface area contributed by atoms with Crippen molar-refractivity contribution in [2.24, 2.45) is 18.7 Å². The molecule has 7 heteroatoms. The fourth-order valence-electron chi connectivity index (χ4n) is 2.89. The van der Waals surface area contributed by atoms with Crippen LogP contribution in [0.5, 0.6) is 0 Å². The average Bonchev–Trinajstić information content (AvgIpc) is 3.12. The summed E-state index contributed by atoms with van der Waals surface area (Å²) in [6, 6.07) is 5.44. The second-order valence-electron chi connectivity index (χ2n) is 5.92. The van der Waals surface area contributed by atoms with Gasteiger partial charge in [-0.1, -0.05) is 0 Å². The Labute approximate surface area is 134 Å². The SMILES string of the molecule is Cc1ccc(-c2cc(C(=O)N3CCC(C(N)=O)CC3)n(C)n2)o1. The van der Waals surface area contributed by atoms with Crippen molar-refractivity contribution in [2.75, 3.05) is 13.1 Å². The lowest BCUT2D eigenvalue weighted by atomic mass is 9.96. The topological polar surface area (TPSA) is 94.4 Å². The molecule has 0 saturated carbocycles. The quantitative estimate of drug-likeness (QED) is 0.924. The minimum Gasteiger partial charge on any atom is -0.460 e. The smallest absolute Gasteiger partial charge is 0.272 e. The minimum atomic E-state index is -0.284. The number of carbonyl (C=O) groups is 2. The number of aromatic nitrogens is 2. The van der Waals surface area contributed by atoms with E-state index < -0.39 is 0 Å².